The van der Waals surface area contributed by atoms with Crippen LogP contribution < -0.4 is 5.32 Å². The van der Waals surface area contributed by atoms with E-state index in [2.05, 4.69) is 5.32 Å². The zero-order valence-electron chi connectivity index (χ0n) is 9.89. The molecular formula is C11H15FN2O4. The van der Waals surface area contributed by atoms with Crippen molar-refractivity contribution in [2.75, 3.05) is 13.2 Å². The van der Waals surface area contributed by atoms with Crippen molar-refractivity contribution in [3.8, 4) is 0 Å². The number of benzene rings is 1. The number of rotatable bonds is 6. The Labute approximate surface area is 103 Å². The van der Waals surface area contributed by atoms with E-state index in [4.69, 9.17) is 10.2 Å². The van der Waals surface area contributed by atoms with E-state index in [0.717, 1.165) is 18.2 Å². The molecule has 1 aromatic carbocycles. The lowest BCUT2D eigenvalue weighted by atomic mass is 10.0. The summed E-state index contributed by atoms with van der Waals surface area (Å²) in [6.07, 6.45) is 0. The van der Waals surface area contributed by atoms with Gasteiger partial charge in [-0.25, -0.2) is 4.39 Å². The van der Waals surface area contributed by atoms with Gasteiger partial charge in [-0.15, -0.1) is 0 Å². The monoisotopic (exact) mass is 258 g/mol. The van der Waals surface area contributed by atoms with E-state index < -0.39 is 16.3 Å². The van der Waals surface area contributed by atoms with Gasteiger partial charge in [-0.1, -0.05) is 0 Å². The summed E-state index contributed by atoms with van der Waals surface area (Å²) in [5.74, 6) is -0.577. The fourth-order valence-electron chi connectivity index (χ4n) is 1.34. The summed E-state index contributed by atoms with van der Waals surface area (Å²) >= 11 is 0. The molecule has 0 aliphatic carbocycles. The second kappa shape index (κ2) is 5.85. The van der Waals surface area contributed by atoms with Crippen molar-refractivity contribution in [3.63, 3.8) is 0 Å². The van der Waals surface area contributed by atoms with Crippen molar-refractivity contribution in [3.05, 3.63) is 39.7 Å². The highest BCUT2D eigenvalue weighted by molar-refractivity contribution is 5.40. The van der Waals surface area contributed by atoms with Gasteiger partial charge in [0.15, 0.2) is 0 Å². The molecule has 0 atom stereocenters. The molecule has 7 heteroatoms. The third kappa shape index (κ3) is 3.46. The number of hydrogen-bond acceptors (Lipinski definition) is 5. The molecule has 0 aliphatic rings. The van der Waals surface area contributed by atoms with Crippen molar-refractivity contribution in [2.45, 2.75) is 19.0 Å². The predicted octanol–water partition coefficient (Wildman–Crippen LogP) is 0.567. The van der Waals surface area contributed by atoms with Crippen molar-refractivity contribution in [2.24, 2.45) is 0 Å². The maximum Gasteiger partial charge on any atom is 0.274 e. The van der Waals surface area contributed by atoms with Crippen LogP contribution in [-0.4, -0.2) is 33.9 Å². The normalized spacial score (nSPS) is 11.6. The Balaban J connectivity index is 2.90. The van der Waals surface area contributed by atoms with Crippen LogP contribution >= 0.6 is 0 Å². The molecule has 0 saturated carbocycles. The molecule has 0 aliphatic heterocycles. The SMILES string of the molecule is CC(CO)(CO)NCc1cc(F)ccc1[N+](=O)[O-]. The molecule has 6 nitrogen and oxygen atoms in total. The summed E-state index contributed by atoms with van der Waals surface area (Å²) in [6.45, 7) is 0.850. The summed E-state index contributed by atoms with van der Waals surface area (Å²) < 4.78 is 13.0. The van der Waals surface area contributed by atoms with E-state index in [9.17, 15) is 14.5 Å². The van der Waals surface area contributed by atoms with Crippen LogP contribution in [0.15, 0.2) is 18.2 Å². The number of hydrogen-bond donors (Lipinski definition) is 3. The second-order valence-electron chi connectivity index (χ2n) is 4.26. The first-order chi connectivity index (χ1) is 8.41. The zero-order valence-corrected chi connectivity index (χ0v) is 9.89. The van der Waals surface area contributed by atoms with Crippen LogP contribution in [0.3, 0.4) is 0 Å². The largest absolute Gasteiger partial charge is 0.394 e. The number of nitro benzene ring substituents is 1. The minimum Gasteiger partial charge on any atom is -0.394 e. The van der Waals surface area contributed by atoms with Crippen LogP contribution in [0.2, 0.25) is 0 Å². The van der Waals surface area contributed by atoms with Crippen LogP contribution in [0.1, 0.15) is 12.5 Å². The highest BCUT2D eigenvalue weighted by Crippen LogP contribution is 2.20. The lowest BCUT2D eigenvalue weighted by molar-refractivity contribution is -0.385. The Morgan fingerprint density at radius 1 is 1.44 bits per heavy atom. The summed E-state index contributed by atoms with van der Waals surface area (Å²) in [6, 6.07) is 3.15. The summed E-state index contributed by atoms with van der Waals surface area (Å²) in [4.78, 5) is 10.1. The molecule has 0 radical (unpaired) electrons. The number of halogens is 1. The average Bonchev–Trinajstić information content (AvgIpc) is 2.35. The molecule has 18 heavy (non-hydrogen) atoms. The van der Waals surface area contributed by atoms with Gasteiger partial charge in [-0.3, -0.25) is 10.1 Å². The van der Waals surface area contributed by atoms with Gasteiger partial charge in [0.1, 0.15) is 5.82 Å². The van der Waals surface area contributed by atoms with E-state index in [1.807, 2.05) is 0 Å². The predicted molar refractivity (Wildman–Crippen MR) is 62.5 cm³/mol. The highest BCUT2D eigenvalue weighted by atomic mass is 19.1. The fourth-order valence-corrected chi connectivity index (χ4v) is 1.34. The Morgan fingerprint density at radius 2 is 2.06 bits per heavy atom. The van der Waals surface area contributed by atoms with Gasteiger partial charge in [0.05, 0.1) is 23.7 Å². The maximum atomic E-state index is 13.0. The van der Waals surface area contributed by atoms with Crippen molar-refractivity contribution >= 4 is 5.69 Å². The van der Waals surface area contributed by atoms with Crippen LogP contribution in [0.5, 0.6) is 0 Å². The first-order valence-corrected chi connectivity index (χ1v) is 5.31. The Morgan fingerprint density at radius 3 is 2.56 bits per heavy atom. The Hall–Kier alpha value is -1.57. The molecular weight excluding hydrogens is 243 g/mol. The van der Waals surface area contributed by atoms with Crippen LogP contribution in [0, 0.1) is 15.9 Å². The van der Waals surface area contributed by atoms with Crippen molar-refractivity contribution in [1.29, 1.82) is 0 Å². The molecule has 100 valence electrons. The molecule has 0 aromatic heterocycles. The summed E-state index contributed by atoms with van der Waals surface area (Å²) in [7, 11) is 0. The van der Waals surface area contributed by atoms with E-state index in [-0.39, 0.29) is 31.0 Å². The molecule has 0 saturated heterocycles. The summed E-state index contributed by atoms with van der Waals surface area (Å²) in [5.41, 5.74) is -1.02. The highest BCUT2D eigenvalue weighted by Gasteiger charge is 2.23. The number of nitrogens with one attached hydrogen (secondary N) is 1. The maximum absolute atomic E-state index is 13.0. The lowest BCUT2D eigenvalue weighted by Crippen LogP contribution is -2.48. The third-order valence-corrected chi connectivity index (χ3v) is 2.64. The standard InChI is InChI=1S/C11H15FN2O4/c1-11(6-15,7-16)13-5-8-4-9(12)2-3-10(8)14(17)18/h2-4,13,15-16H,5-7H2,1H3. The van der Waals surface area contributed by atoms with Gasteiger partial charge >= 0.3 is 0 Å². The minimum absolute atomic E-state index is 0.0221. The Kier molecular flexibility index (Phi) is 4.71. The van der Waals surface area contributed by atoms with Gasteiger partial charge in [-0.2, -0.15) is 0 Å². The minimum atomic E-state index is -0.972. The number of aliphatic hydroxyl groups is 2. The van der Waals surface area contributed by atoms with Crippen molar-refractivity contribution < 1.29 is 19.5 Å². The smallest absolute Gasteiger partial charge is 0.274 e. The van der Waals surface area contributed by atoms with E-state index >= 15 is 0 Å². The van der Waals surface area contributed by atoms with Crippen LogP contribution in [-0.2, 0) is 6.54 Å². The Bertz CT molecular complexity index is 435. The van der Waals surface area contributed by atoms with Gasteiger partial charge in [0.25, 0.3) is 5.69 Å². The second-order valence-corrected chi connectivity index (χ2v) is 4.26. The van der Waals surface area contributed by atoms with Crippen molar-refractivity contribution in [1.82, 2.24) is 5.32 Å². The van der Waals surface area contributed by atoms with Gasteiger partial charge in [0.2, 0.25) is 0 Å². The number of aliphatic hydroxyl groups excluding tert-OH is 2. The van der Waals surface area contributed by atoms with E-state index in [1.165, 1.54) is 0 Å². The van der Waals surface area contributed by atoms with Gasteiger partial charge in [0, 0.05) is 18.2 Å². The van der Waals surface area contributed by atoms with Crippen LogP contribution in [0.4, 0.5) is 10.1 Å². The molecule has 0 spiro atoms. The average molecular weight is 258 g/mol. The molecule has 0 unspecified atom stereocenters. The lowest BCUT2D eigenvalue weighted by Gasteiger charge is -2.26. The van der Waals surface area contributed by atoms with E-state index in [0.29, 0.717) is 0 Å². The fraction of sp³-hybridized carbons (Fsp3) is 0.455. The quantitative estimate of drug-likeness (QED) is 0.512. The van der Waals surface area contributed by atoms with Gasteiger partial charge < -0.3 is 15.5 Å². The number of nitro groups is 1. The molecule has 1 aromatic rings. The van der Waals surface area contributed by atoms with Crippen LogP contribution in [0.25, 0.3) is 0 Å². The topological polar surface area (TPSA) is 95.6 Å². The molecule has 0 heterocycles. The number of nitrogens with zero attached hydrogens (tertiary/aromatic N) is 1. The molecule has 0 bridgehead atoms. The van der Waals surface area contributed by atoms with E-state index in [1.54, 1.807) is 6.92 Å². The summed E-state index contributed by atoms with van der Waals surface area (Å²) in [5, 5.41) is 31.6. The van der Waals surface area contributed by atoms with Gasteiger partial charge in [-0.05, 0) is 19.1 Å². The first-order valence-electron chi connectivity index (χ1n) is 5.31. The first kappa shape index (κ1) is 14.5. The molecule has 1 rings (SSSR count). The zero-order chi connectivity index (χ0) is 13.8. The molecule has 0 fully saturated rings. The molecule has 0 amide bonds. The third-order valence-electron chi connectivity index (χ3n) is 2.64. The molecule has 3 N–H and O–H groups in total.